The number of benzene rings is 2. The number of amides is 2. The van der Waals surface area contributed by atoms with E-state index < -0.39 is 0 Å². The first-order valence-electron chi connectivity index (χ1n) is 7.67. The lowest BCUT2D eigenvalue weighted by atomic mass is 10.2. The van der Waals surface area contributed by atoms with Gasteiger partial charge >= 0.3 is 0 Å². The first-order chi connectivity index (χ1) is 11.9. The van der Waals surface area contributed by atoms with Gasteiger partial charge in [-0.2, -0.15) is 0 Å². The van der Waals surface area contributed by atoms with Crippen LogP contribution in [0.15, 0.2) is 48.5 Å². The minimum atomic E-state index is -0.382. The molecule has 0 aliphatic carbocycles. The van der Waals surface area contributed by atoms with Crippen LogP contribution < -0.4 is 10.6 Å². The molecule has 2 amide bonds. The summed E-state index contributed by atoms with van der Waals surface area (Å²) in [7, 11) is 1.64. The zero-order chi connectivity index (χ0) is 18.2. The number of likely N-dealkylation sites (N-methyl/N-ethyl adjacent to an activating group) is 1. The molecule has 0 radical (unpaired) electrons. The van der Waals surface area contributed by atoms with Crippen LogP contribution in [0.25, 0.3) is 0 Å². The van der Waals surface area contributed by atoms with Gasteiger partial charge in [0.2, 0.25) is 11.8 Å². The summed E-state index contributed by atoms with van der Waals surface area (Å²) in [4.78, 5) is 25.3. The number of nitrogens with zero attached hydrogens (tertiary/aromatic N) is 1. The number of carbonyl (C=O) groups excluding carboxylic acids is 2. The predicted molar refractivity (Wildman–Crippen MR) is 90.8 cm³/mol. The van der Waals surface area contributed by atoms with E-state index in [1.54, 1.807) is 24.1 Å². The number of hydrogen-bond acceptors (Lipinski definition) is 3. The van der Waals surface area contributed by atoms with E-state index in [0.717, 1.165) is 5.56 Å². The molecule has 0 aliphatic heterocycles. The van der Waals surface area contributed by atoms with Crippen molar-refractivity contribution < 1.29 is 18.4 Å². The van der Waals surface area contributed by atoms with Crippen molar-refractivity contribution in [2.75, 3.05) is 25.5 Å². The minimum absolute atomic E-state index is 0.0152. The molecule has 0 fully saturated rings. The minimum Gasteiger partial charge on any atom is -0.351 e. The molecule has 25 heavy (non-hydrogen) atoms. The molecular weight excluding hydrogens is 328 g/mol. The van der Waals surface area contributed by atoms with Gasteiger partial charge in [-0.05, 0) is 49.0 Å². The van der Waals surface area contributed by atoms with Gasteiger partial charge in [-0.25, -0.2) is 8.78 Å². The zero-order valence-corrected chi connectivity index (χ0v) is 13.8. The van der Waals surface area contributed by atoms with E-state index in [4.69, 9.17) is 0 Å². The molecule has 7 heteroatoms. The van der Waals surface area contributed by atoms with E-state index >= 15 is 0 Å². The third-order valence-corrected chi connectivity index (χ3v) is 3.36. The van der Waals surface area contributed by atoms with Gasteiger partial charge in [-0.3, -0.25) is 14.5 Å². The normalized spacial score (nSPS) is 10.6. The number of halogens is 2. The lowest BCUT2D eigenvalue weighted by Crippen LogP contribution is -2.38. The molecule has 2 rings (SSSR count). The van der Waals surface area contributed by atoms with Crippen LogP contribution >= 0.6 is 0 Å². The number of hydrogen-bond donors (Lipinski definition) is 2. The van der Waals surface area contributed by atoms with Gasteiger partial charge in [0, 0.05) is 12.2 Å². The highest BCUT2D eigenvalue weighted by Gasteiger charge is 2.11. The fourth-order valence-corrected chi connectivity index (χ4v) is 2.14. The highest BCUT2D eigenvalue weighted by molar-refractivity contribution is 5.92. The van der Waals surface area contributed by atoms with Gasteiger partial charge in [0.05, 0.1) is 13.1 Å². The SMILES string of the molecule is CN(CC(=O)NCc1ccc(F)cc1)CC(=O)Nc1ccc(F)cc1. The maximum Gasteiger partial charge on any atom is 0.238 e. The van der Waals surface area contributed by atoms with Crippen molar-refractivity contribution in [3.8, 4) is 0 Å². The van der Waals surface area contributed by atoms with Crippen LogP contribution in [0.3, 0.4) is 0 Å². The summed E-state index contributed by atoms with van der Waals surface area (Å²) < 4.78 is 25.6. The fraction of sp³-hybridized carbons (Fsp3) is 0.222. The summed E-state index contributed by atoms with van der Waals surface area (Å²) in [5.41, 5.74) is 1.27. The maximum absolute atomic E-state index is 12.8. The molecule has 0 saturated heterocycles. The van der Waals surface area contributed by atoms with Crippen molar-refractivity contribution in [1.82, 2.24) is 10.2 Å². The number of rotatable bonds is 7. The molecule has 2 aromatic carbocycles. The molecule has 2 N–H and O–H groups in total. The molecule has 0 bridgehead atoms. The van der Waals surface area contributed by atoms with Crippen LogP contribution in [0.1, 0.15) is 5.56 Å². The summed E-state index contributed by atoms with van der Waals surface area (Å²) in [5, 5.41) is 5.32. The molecule has 5 nitrogen and oxygen atoms in total. The summed E-state index contributed by atoms with van der Waals surface area (Å²) in [5.74, 6) is -1.27. The van der Waals surface area contributed by atoms with E-state index in [-0.39, 0.29) is 43.1 Å². The largest absolute Gasteiger partial charge is 0.351 e. The predicted octanol–water partition coefficient (Wildman–Crippen LogP) is 2.15. The smallest absolute Gasteiger partial charge is 0.238 e. The molecule has 132 valence electrons. The van der Waals surface area contributed by atoms with Crippen LogP contribution in [-0.2, 0) is 16.1 Å². The highest BCUT2D eigenvalue weighted by atomic mass is 19.1. The topological polar surface area (TPSA) is 61.4 Å². The molecule has 0 unspecified atom stereocenters. The van der Waals surface area contributed by atoms with Gasteiger partial charge in [0.15, 0.2) is 0 Å². The Kier molecular flexibility index (Phi) is 6.59. The van der Waals surface area contributed by atoms with Crippen molar-refractivity contribution in [1.29, 1.82) is 0 Å². The molecule has 2 aromatic rings. The first kappa shape index (κ1) is 18.5. The Morgan fingerprint density at radius 3 is 2.00 bits per heavy atom. The molecular formula is C18H19F2N3O2. The van der Waals surface area contributed by atoms with Crippen LogP contribution in [0.4, 0.5) is 14.5 Å². The Morgan fingerprint density at radius 1 is 0.880 bits per heavy atom. The van der Waals surface area contributed by atoms with E-state index in [9.17, 15) is 18.4 Å². The van der Waals surface area contributed by atoms with Crippen LogP contribution in [-0.4, -0.2) is 36.9 Å². The fourth-order valence-electron chi connectivity index (χ4n) is 2.14. The molecule has 0 atom stereocenters. The van der Waals surface area contributed by atoms with E-state index in [1.807, 2.05) is 0 Å². The summed E-state index contributed by atoms with van der Waals surface area (Å²) >= 11 is 0. The summed E-state index contributed by atoms with van der Waals surface area (Å²) in [6, 6.07) is 11.3. The Labute approximate surface area is 144 Å². The van der Waals surface area contributed by atoms with E-state index in [0.29, 0.717) is 5.69 Å². The lowest BCUT2D eigenvalue weighted by Gasteiger charge is -2.16. The van der Waals surface area contributed by atoms with Crippen LogP contribution in [0.5, 0.6) is 0 Å². The Balaban J connectivity index is 1.72. The molecule has 0 saturated carbocycles. The van der Waals surface area contributed by atoms with Gasteiger partial charge in [-0.1, -0.05) is 12.1 Å². The second-order valence-electron chi connectivity index (χ2n) is 5.63. The van der Waals surface area contributed by atoms with E-state index in [1.165, 1.54) is 36.4 Å². The average Bonchev–Trinajstić information content (AvgIpc) is 2.56. The van der Waals surface area contributed by atoms with Gasteiger partial charge in [0.25, 0.3) is 0 Å². The third-order valence-electron chi connectivity index (χ3n) is 3.36. The standard InChI is InChI=1S/C18H19F2N3O2/c1-23(12-18(25)22-16-8-6-15(20)7-9-16)11-17(24)21-10-13-2-4-14(19)5-3-13/h2-9H,10-12H2,1H3,(H,21,24)(H,22,25). The first-order valence-corrected chi connectivity index (χ1v) is 7.67. The second-order valence-corrected chi connectivity index (χ2v) is 5.63. The number of carbonyl (C=O) groups is 2. The van der Waals surface area contributed by atoms with Crippen molar-refractivity contribution in [2.45, 2.75) is 6.54 Å². The lowest BCUT2D eigenvalue weighted by molar-refractivity contribution is -0.123. The van der Waals surface area contributed by atoms with E-state index in [2.05, 4.69) is 10.6 Å². The van der Waals surface area contributed by atoms with Crippen molar-refractivity contribution >= 4 is 17.5 Å². The van der Waals surface area contributed by atoms with Gasteiger partial charge in [0.1, 0.15) is 11.6 Å². The van der Waals surface area contributed by atoms with Gasteiger partial charge in [-0.15, -0.1) is 0 Å². The summed E-state index contributed by atoms with van der Waals surface area (Å²) in [6.45, 7) is 0.341. The van der Waals surface area contributed by atoms with Crippen LogP contribution in [0, 0.1) is 11.6 Å². The van der Waals surface area contributed by atoms with Crippen LogP contribution in [0.2, 0.25) is 0 Å². The van der Waals surface area contributed by atoms with Crippen molar-refractivity contribution in [2.24, 2.45) is 0 Å². The van der Waals surface area contributed by atoms with Crippen molar-refractivity contribution in [3.05, 3.63) is 65.7 Å². The highest BCUT2D eigenvalue weighted by Crippen LogP contribution is 2.08. The average molecular weight is 347 g/mol. The Morgan fingerprint density at radius 2 is 1.40 bits per heavy atom. The number of anilines is 1. The second kappa shape index (κ2) is 8.89. The monoisotopic (exact) mass is 347 g/mol. The Hall–Kier alpha value is -2.80. The molecule has 0 spiro atoms. The Bertz CT molecular complexity index is 718. The number of nitrogens with one attached hydrogen (secondary N) is 2. The third kappa shape index (κ3) is 6.68. The quantitative estimate of drug-likeness (QED) is 0.807. The van der Waals surface area contributed by atoms with Crippen molar-refractivity contribution in [3.63, 3.8) is 0 Å². The molecule has 0 aromatic heterocycles. The molecule has 0 heterocycles. The zero-order valence-electron chi connectivity index (χ0n) is 13.8. The summed E-state index contributed by atoms with van der Waals surface area (Å²) in [6.07, 6.45) is 0. The maximum atomic E-state index is 12.8. The molecule has 0 aliphatic rings. The van der Waals surface area contributed by atoms with Gasteiger partial charge < -0.3 is 10.6 Å².